The van der Waals surface area contributed by atoms with E-state index in [-0.39, 0.29) is 0 Å². The van der Waals surface area contributed by atoms with E-state index in [2.05, 4.69) is 111 Å². The molecule has 3 aromatic rings. The van der Waals surface area contributed by atoms with Crippen molar-refractivity contribution in [2.75, 3.05) is 13.0 Å². The molecule has 141 valence electrons. The lowest BCUT2D eigenvalue weighted by Gasteiger charge is -2.38. The molecule has 0 aromatic heterocycles. The maximum absolute atomic E-state index is 6.42. The van der Waals surface area contributed by atoms with Crippen molar-refractivity contribution in [3.8, 4) is 0 Å². The first kappa shape index (κ1) is 20.0. The van der Waals surface area contributed by atoms with Crippen LogP contribution in [0, 0.1) is 0 Å². The molecule has 0 saturated heterocycles. The fourth-order valence-corrected chi connectivity index (χ4v) is 7.84. The van der Waals surface area contributed by atoms with Crippen LogP contribution in [0.25, 0.3) is 0 Å². The minimum Gasteiger partial charge on any atom is -0.377 e. The maximum Gasteiger partial charge on any atom is 0.0740 e. The number of benzene rings is 3. The Balaban J connectivity index is 2.06. The van der Waals surface area contributed by atoms with Crippen molar-refractivity contribution in [1.29, 1.82) is 0 Å². The molecule has 1 nitrogen and oxygen atoms in total. The minimum atomic E-state index is -1.84. The van der Waals surface area contributed by atoms with E-state index in [0.717, 1.165) is 13.0 Å². The Bertz CT molecular complexity index is 717. The van der Waals surface area contributed by atoms with Crippen LogP contribution < -0.4 is 15.9 Å². The largest absolute Gasteiger partial charge is 0.377 e. The average Bonchev–Trinajstić information content (AvgIpc) is 2.70. The molecule has 0 aliphatic carbocycles. The first-order chi connectivity index (χ1) is 13.0. The van der Waals surface area contributed by atoms with Gasteiger partial charge in [0, 0.05) is 14.7 Å². The van der Waals surface area contributed by atoms with E-state index in [1.165, 1.54) is 22.0 Å². The number of rotatable bonds is 8. The van der Waals surface area contributed by atoms with E-state index in [0.29, 0.717) is 0 Å². The molecule has 0 aliphatic heterocycles. The SMILES string of the molecule is C[Si](C)(C)CCOC[P](c1ccccc1)(c1ccccc1)c1ccccc1. The average molecular weight is 394 g/mol. The van der Waals surface area contributed by atoms with Crippen LogP contribution in [0.2, 0.25) is 25.7 Å². The summed E-state index contributed by atoms with van der Waals surface area (Å²) in [5, 5.41) is 4.15. The van der Waals surface area contributed by atoms with E-state index in [9.17, 15) is 0 Å². The second-order valence-corrected chi connectivity index (χ2v) is 17.2. The van der Waals surface area contributed by atoms with Crippen LogP contribution in [0.1, 0.15) is 0 Å². The van der Waals surface area contributed by atoms with Gasteiger partial charge in [-0.3, -0.25) is 0 Å². The summed E-state index contributed by atoms with van der Waals surface area (Å²) in [6.45, 7) is 8.07. The van der Waals surface area contributed by atoms with Crippen LogP contribution in [0.5, 0.6) is 0 Å². The Morgan fingerprint density at radius 1 is 0.630 bits per heavy atom. The van der Waals surface area contributed by atoms with Crippen molar-refractivity contribution < 1.29 is 4.74 Å². The Morgan fingerprint density at radius 3 is 1.33 bits per heavy atom. The molecule has 3 heteroatoms. The van der Waals surface area contributed by atoms with Gasteiger partial charge in [-0.1, -0.05) is 111 Å². The van der Waals surface area contributed by atoms with Crippen molar-refractivity contribution in [3.05, 3.63) is 91.0 Å². The van der Waals surface area contributed by atoms with Crippen LogP contribution in [-0.2, 0) is 4.74 Å². The van der Waals surface area contributed by atoms with Gasteiger partial charge in [0.25, 0.3) is 0 Å². The van der Waals surface area contributed by atoms with Crippen LogP contribution in [0.4, 0.5) is 0 Å². The van der Waals surface area contributed by atoms with Gasteiger partial charge in [-0.15, -0.1) is 0 Å². The van der Waals surface area contributed by atoms with Crippen LogP contribution in [-0.4, -0.2) is 21.0 Å². The van der Waals surface area contributed by atoms with Gasteiger partial charge in [-0.25, -0.2) is 0 Å². The summed E-state index contributed by atoms with van der Waals surface area (Å²) in [5.41, 5.74) is 0. The van der Waals surface area contributed by atoms with E-state index in [1.54, 1.807) is 0 Å². The van der Waals surface area contributed by atoms with Crippen molar-refractivity contribution in [2.24, 2.45) is 0 Å². The zero-order valence-electron chi connectivity index (χ0n) is 16.6. The number of hydrogen-bond acceptors (Lipinski definition) is 1. The first-order valence-corrected chi connectivity index (χ1v) is 15.3. The second-order valence-electron chi connectivity index (χ2n) is 8.16. The van der Waals surface area contributed by atoms with Crippen molar-refractivity contribution >= 4 is 31.2 Å². The predicted octanol–water partition coefficient (Wildman–Crippen LogP) is 5.29. The molecular weight excluding hydrogens is 363 g/mol. The van der Waals surface area contributed by atoms with Crippen LogP contribution in [0.15, 0.2) is 91.0 Å². The van der Waals surface area contributed by atoms with Gasteiger partial charge in [0.05, 0.1) is 6.35 Å². The zero-order chi connectivity index (χ0) is 19.2. The monoisotopic (exact) mass is 393 g/mol. The maximum atomic E-state index is 6.42. The smallest absolute Gasteiger partial charge is 0.0740 e. The Morgan fingerprint density at radius 2 is 1.00 bits per heavy atom. The van der Waals surface area contributed by atoms with Gasteiger partial charge in [0.15, 0.2) is 0 Å². The molecule has 0 unspecified atom stereocenters. The standard InChI is InChI=1S/C24H30OPSi/c1-27(2,3)20-19-25-21-26(22-13-7-4-8-14-22,23-15-9-5-10-16-23)24-17-11-6-12-18-24/h4-18H,19-21H2,1-3H3. The van der Waals surface area contributed by atoms with Crippen LogP contribution >= 0.6 is 7.26 Å². The molecule has 1 radical (unpaired) electrons. The van der Waals surface area contributed by atoms with Crippen molar-refractivity contribution in [1.82, 2.24) is 0 Å². The summed E-state index contributed by atoms with van der Waals surface area (Å²) in [7, 11) is -2.95. The van der Waals surface area contributed by atoms with Gasteiger partial charge in [-0.05, 0) is 29.2 Å². The van der Waals surface area contributed by atoms with Gasteiger partial charge in [-0.2, -0.15) is 0 Å². The quantitative estimate of drug-likeness (QED) is 0.287. The lowest BCUT2D eigenvalue weighted by molar-refractivity contribution is 0.195. The molecule has 27 heavy (non-hydrogen) atoms. The zero-order valence-corrected chi connectivity index (χ0v) is 18.5. The fraction of sp³-hybridized carbons (Fsp3) is 0.250. The van der Waals surface area contributed by atoms with E-state index in [1.807, 2.05) is 0 Å². The molecule has 0 N–H and O–H groups in total. The van der Waals surface area contributed by atoms with Crippen molar-refractivity contribution in [2.45, 2.75) is 25.7 Å². The molecule has 0 saturated carbocycles. The van der Waals surface area contributed by atoms with E-state index >= 15 is 0 Å². The fourth-order valence-electron chi connectivity index (χ4n) is 3.30. The highest BCUT2D eigenvalue weighted by molar-refractivity contribution is 7.95. The van der Waals surface area contributed by atoms with E-state index in [4.69, 9.17) is 4.74 Å². The Hall–Kier alpha value is -1.73. The van der Waals surface area contributed by atoms with Gasteiger partial charge in [0.1, 0.15) is 0 Å². The summed E-state index contributed by atoms with van der Waals surface area (Å²) in [6.07, 6.45) is 0.759. The molecule has 3 rings (SSSR count). The van der Waals surface area contributed by atoms with E-state index < -0.39 is 15.3 Å². The topological polar surface area (TPSA) is 9.23 Å². The lowest BCUT2D eigenvalue weighted by atomic mass is 10.4. The molecule has 3 aromatic carbocycles. The summed E-state index contributed by atoms with van der Waals surface area (Å²) in [4.78, 5) is 0. The highest BCUT2D eigenvalue weighted by Gasteiger charge is 2.34. The highest BCUT2D eigenvalue weighted by atomic mass is 31.2. The summed E-state index contributed by atoms with van der Waals surface area (Å²) >= 11 is 0. The van der Waals surface area contributed by atoms with Gasteiger partial charge >= 0.3 is 0 Å². The Labute approximate surface area is 165 Å². The van der Waals surface area contributed by atoms with Gasteiger partial charge < -0.3 is 4.74 Å². The number of ether oxygens (including phenoxy) is 1. The van der Waals surface area contributed by atoms with Crippen molar-refractivity contribution in [3.63, 3.8) is 0 Å². The second kappa shape index (κ2) is 8.97. The lowest BCUT2D eigenvalue weighted by Crippen LogP contribution is -2.34. The molecule has 0 atom stereocenters. The first-order valence-electron chi connectivity index (χ1n) is 9.65. The predicted molar refractivity (Wildman–Crippen MR) is 124 cm³/mol. The summed E-state index contributed by atoms with van der Waals surface area (Å²) in [5.74, 6) is 0. The third-order valence-electron chi connectivity index (χ3n) is 4.87. The molecule has 0 fully saturated rings. The molecular formula is C24H30OPSi. The molecule has 0 spiro atoms. The highest BCUT2D eigenvalue weighted by Crippen LogP contribution is 2.55. The van der Waals surface area contributed by atoms with Crippen LogP contribution in [0.3, 0.4) is 0 Å². The molecule has 0 aliphatic rings. The molecule has 0 amide bonds. The summed E-state index contributed by atoms with van der Waals surface area (Å²) in [6, 6.07) is 34.0. The third kappa shape index (κ3) is 4.96. The summed E-state index contributed by atoms with van der Waals surface area (Å²) < 4.78 is 6.42. The minimum absolute atomic E-state index is 0.759. The number of hydrogen-bond donors (Lipinski definition) is 0. The third-order valence-corrected chi connectivity index (χ3v) is 10.7. The Kier molecular flexibility index (Phi) is 6.65. The normalized spacial score (nSPS) is 12.1. The molecule has 0 heterocycles. The molecule has 0 bridgehead atoms. The van der Waals surface area contributed by atoms with Gasteiger partial charge in [0.2, 0.25) is 0 Å².